The second-order valence-corrected chi connectivity index (χ2v) is 13.8. The molecule has 48 heavy (non-hydrogen) atoms. The molecule has 262 valence electrons. The number of halogens is 3. The number of aromatic nitrogens is 1. The minimum Gasteiger partial charge on any atom is -0.438 e. The lowest BCUT2D eigenvalue weighted by Crippen LogP contribution is -2.46. The minimum absolute atomic E-state index is 0. The summed E-state index contributed by atoms with van der Waals surface area (Å²) in [5.74, 6) is -1.90. The molecule has 1 unspecified atom stereocenters. The Hall–Kier alpha value is -4.01. The van der Waals surface area contributed by atoms with Crippen molar-refractivity contribution in [1.82, 2.24) is 15.2 Å². The number of primary amides is 1. The van der Waals surface area contributed by atoms with Crippen LogP contribution in [0.15, 0.2) is 42.6 Å². The SMILES string of the molecule is CCCCC(NC(=O)Nc1cc(C(N)=O)c(F)cc1F)C1CCN(Cc2ccc(Oc3c(C)cc(NS(C)(=O)=O)cc3C)nc2)CC1.Cl. The van der Waals surface area contributed by atoms with E-state index in [2.05, 4.69) is 32.2 Å². The lowest BCUT2D eigenvalue weighted by atomic mass is 9.86. The smallest absolute Gasteiger partial charge is 0.319 e. The number of nitrogens with zero attached hydrogens (tertiary/aromatic N) is 2. The van der Waals surface area contributed by atoms with Crippen LogP contribution < -0.4 is 25.8 Å². The Morgan fingerprint density at radius 1 is 1.08 bits per heavy atom. The van der Waals surface area contributed by atoms with Crippen LogP contribution in [0.5, 0.6) is 11.6 Å². The number of nitrogens with one attached hydrogen (secondary N) is 3. The van der Waals surface area contributed by atoms with Crippen molar-refractivity contribution >= 4 is 45.7 Å². The van der Waals surface area contributed by atoms with Crippen molar-refractivity contribution in [3.8, 4) is 11.6 Å². The van der Waals surface area contributed by atoms with E-state index in [-0.39, 0.29) is 30.1 Å². The Kier molecular flexibility index (Phi) is 13.5. The van der Waals surface area contributed by atoms with Crippen LogP contribution in [0.4, 0.5) is 25.0 Å². The van der Waals surface area contributed by atoms with Gasteiger partial charge in [-0.1, -0.05) is 25.8 Å². The first-order chi connectivity index (χ1) is 22.2. The molecule has 2 heterocycles. The average molecular weight is 709 g/mol. The van der Waals surface area contributed by atoms with E-state index in [1.165, 1.54) is 0 Å². The van der Waals surface area contributed by atoms with Gasteiger partial charge in [-0.25, -0.2) is 27.0 Å². The fraction of sp³-hybridized carbons (Fsp3) is 0.424. The number of carbonyl (C=O) groups excluding carboxylic acids is 2. The number of urea groups is 1. The molecule has 2 aromatic carbocycles. The number of hydrogen-bond acceptors (Lipinski definition) is 7. The monoisotopic (exact) mass is 708 g/mol. The Morgan fingerprint density at radius 3 is 2.31 bits per heavy atom. The highest BCUT2D eigenvalue weighted by atomic mass is 35.5. The summed E-state index contributed by atoms with van der Waals surface area (Å²) in [6.07, 6.45) is 7.19. The zero-order chi connectivity index (χ0) is 34.3. The van der Waals surface area contributed by atoms with Crippen molar-refractivity contribution in [3.63, 3.8) is 0 Å². The van der Waals surface area contributed by atoms with Crippen molar-refractivity contribution in [2.45, 2.75) is 65.5 Å². The third-order valence-electron chi connectivity index (χ3n) is 8.13. The zero-order valence-electron chi connectivity index (χ0n) is 27.4. The third-order valence-corrected chi connectivity index (χ3v) is 8.74. The van der Waals surface area contributed by atoms with Crippen LogP contribution in [0.1, 0.15) is 66.1 Å². The fourth-order valence-corrected chi connectivity index (χ4v) is 6.38. The number of likely N-dealkylation sites (tertiary alicyclic amines) is 1. The predicted molar refractivity (Wildman–Crippen MR) is 184 cm³/mol. The highest BCUT2D eigenvalue weighted by molar-refractivity contribution is 7.92. The summed E-state index contributed by atoms with van der Waals surface area (Å²) >= 11 is 0. The van der Waals surface area contributed by atoms with E-state index >= 15 is 0 Å². The number of aryl methyl sites for hydroxylation is 2. The van der Waals surface area contributed by atoms with E-state index in [1.807, 2.05) is 26.0 Å². The maximum Gasteiger partial charge on any atom is 0.319 e. The summed E-state index contributed by atoms with van der Waals surface area (Å²) in [7, 11) is -3.39. The van der Waals surface area contributed by atoms with E-state index in [1.54, 1.807) is 18.3 Å². The number of unbranched alkanes of at least 4 members (excludes halogenated alkanes) is 1. The number of nitrogens with two attached hydrogens (primary N) is 1. The number of benzene rings is 2. The van der Waals surface area contributed by atoms with Gasteiger partial charge >= 0.3 is 6.03 Å². The molecule has 1 fully saturated rings. The van der Waals surface area contributed by atoms with Crippen LogP contribution >= 0.6 is 12.4 Å². The molecular weight excluding hydrogens is 666 g/mol. The minimum atomic E-state index is -3.39. The van der Waals surface area contributed by atoms with E-state index < -0.39 is 39.2 Å². The number of sulfonamides is 1. The van der Waals surface area contributed by atoms with Crippen LogP contribution in [0, 0.1) is 31.4 Å². The van der Waals surface area contributed by atoms with Gasteiger partial charge in [-0.2, -0.15) is 0 Å². The van der Waals surface area contributed by atoms with Crippen molar-refractivity contribution in [1.29, 1.82) is 0 Å². The van der Waals surface area contributed by atoms with Crippen LogP contribution in [-0.4, -0.2) is 55.6 Å². The molecule has 3 aromatic rings. The molecule has 3 amide bonds. The van der Waals surface area contributed by atoms with Gasteiger partial charge in [-0.15, -0.1) is 12.4 Å². The molecular formula is C33H43ClF2N6O5S. The number of pyridine rings is 1. The number of piperidine rings is 1. The largest absolute Gasteiger partial charge is 0.438 e. The molecule has 0 aliphatic carbocycles. The van der Waals surface area contributed by atoms with Crippen LogP contribution in [0.25, 0.3) is 0 Å². The Morgan fingerprint density at radius 2 is 1.75 bits per heavy atom. The Balaban J connectivity index is 0.00000625. The first kappa shape index (κ1) is 38.4. The topological polar surface area (TPSA) is 156 Å². The summed E-state index contributed by atoms with van der Waals surface area (Å²) in [4.78, 5) is 31.1. The molecule has 1 atom stereocenters. The van der Waals surface area contributed by atoms with E-state index in [0.717, 1.165) is 74.2 Å². The van der Waals surface area contributed by atoms with Gasteiger partial charge in [0.15, 0.2) is 0 Å². The average Bonchev–Trinajstić information content (AvgIpc) is 2.99. The third kappa shape index (κ3) is 10.8. The maximum atomic E-state index is 14.3. The molecule has 1 saturated heterocycles. The number of rotatable bonds is 13. The van der Waals surface area contributed by atoms with Crippen molar-refractivity contribution in [2.24, 2.45) is 11.7 Å². The maximum absolute atomic E-state index is 14.3. The lowest BCUT2D eigenvalue weighted by Gasteiger charge is -2.36. The van der Waals surface area contributed by atoms with Crippen molar-refractivity contribution in [2.75, 3.05) is 29.4 Å². The van der Waals surface area contributed by atoms with Crippen molar-refractivity contribution in [3.05, 3.63) is 76.5 Å². The van der Waals surface area contributed by atoms with E-state index in [4.69, 9.17) is 10.5 Å². The van der Waals surface area contributed by atoms with Crippen LogP contribution in [-0.2, 0) is 16.6 Å². The van der Waals surface area contributed by atoms with Gasteiger partial charge < -0.3 is 21.1 Å². The highest BCUT2D eigenvalue weighted by Crippen LogP contribution is 2.31. The van der Waals surface area contributed by atoms with Gasteiger partial charge in [0.05, 0.1) is 17.5 Å². The standard InChI is InChI=1S/C33H42F2N6O5S.ClH/c1-5-6-7-28(38-33(43)39-29-16-25(32(36)42)26(34)17-27(29)35)23-10-12-41(13-11-23)19-22-8-9-30(37-18-22)46-31-20(2)14-24(15-21(31)3)40-47(4,44)45;/h8-9,14-18,23,28,40H,5-7,10-13,19H2,1-4H3,(H2,36,42)(H2,38,39,43);1H. The number of hydrogen-bond donors (Lipinski definition) is 4. The number of anilines is 2. The summed E-state index contributed by atoms with van der Waals surface area (Å²) < 4.78 is 59.9. The number of carbonyl (C=O) groups is 2. The summed E-state index contributed by atoms with van der Waals surface area (Å²) in [5.41, 5.74) is 7.37. The van der Waals surface area contributed by atoms with Gasteiger partial charge in [0.2, 0.25) is 15.9 Å². The molecule has 0 radical (unpaired) electrons. The molecule has 11 nitrogen and oxygen atoms in total. The molecule has 0 bridgehead atoms. The molecule has 0 spiro atoms. The molecule has 5 N–H and O–H groups in total. The molecule has 1 aromatic heterocycles. The van der Waals surface area contributed by atoms with Crippen molar-refractivity contribution < 1.29 is 31.5 Å². The highest BCUT2D eigenvalue weighted by Gasteiger charge is 2.28. The normalized spacial score (nSPS) is 14.5. The Labute approximate surface area is 286 Å². The Bertz CT molecular complexity index is 1680. The molecule has 15 heteroatoms. The van der Waals surface area contributed by atoms with Crippen LogP contribution in [0.2, 0.25) is 0 Å². The second-order valence-electron chi connectivity index (χ2n) is 12.1. The zero-order valence-corrected chi connectivity index (χ0v) is 29.1. The first-order valence-corrected chi connectivity index (χ1v) is 17.4. The summed E-state index contributed by atoms with van der Waals surface area (Å²) in [6, 6.07) is 7.85. The molecule has 1 aliphatic heterocycles. The summed E-state index contributed by atoms with van der Waals surface area (Å²) in [6.45, 7) is 8.08. The first-order valence-electron chi connectivity index (χ1n) is 15.5. The fourth-order valence-electron chi connectivity index (χ4n) is 5.84. The summed E-state index contributed by atoms with van der Waals surface area (Å²) in [5, 5.41) is 5.38. The molecule has 0 saturated carbocycles. The van der Waals surface area contributed by atoms with Gasteiger partial charge in [-0.3, -0.25) is 14.4 Å². The number of ether oxygens (including phenoxy) is 1. The van der Waals surface area contributed by atoms with E-state index in [9.17, 15) is 26.8 Å². The lowest BCUT2D eigenvalue weighted by molar-refractivity contribution is 0.0996. The molecule has 4 rings (SSSR count). The molecule has 1 aliphatic rings. The van der Waals surface area contributed by atoms with E-state index in [0.29, 0.717) is 29.9 Å². The number of amides is 3. The quantitative estimate of drug-likeness (QED) is 0.164. The van der Waals surface area contributed by atoms with Gasteiger partial charge in [0.25, 0.3) is 5.91 Å². The van der Waals surface area contributed by atoms with Gasteiger partial charge in [0, 0.05) is 36.6 Å². The second kappa shape index (κ2) is 16.9. The predicted octanol–water partition coefficient (Wildman–Crippen LogP) is 6.25. The van der Waals surface area contributed by atoms with Gasteiger partial charge in [-0.05, 0) is 87.0 Å². The van der Waals surface area contributed by atoms with Gasteiger partial charge in [0.1, 0.15) is 17.4 Å². The van der Waals surface area contributed by atoms with Crippen LogP contribution in [0.3, 0.4) is 0 Å².